The summed E-state index contributed by atoms with van der Waals surface area (Å²) in [6.07, 6.45) is 3.36. The molecule has 72 valence electrons. The monoisotopic (exact) mass is 186 g/mol. The molecular weight excluding hydrogens is 172 g/mol. The molecule has 0 spiro atoms. The standard InChI is InChI=1S/C13H14O/c1-4-11(5-2)13(14)12-8-6-10(3)7-9-12/h4-9H,1H2,2-3H3/b11-5+. The fraction of sp³-hybridized carbons (Fsp3) is 0.154. The van der Waals surface area contributed by atoms with Crippen molar-refractivity contribution < 1.29 is 4.79 Å². The van der Waals surface area contributed by atoms with E-state index >= 15 is 0 Å². The van der Waals surface area contributed by atoms with Crippen molar-refractivity contribution >= 4 is 5.78 Å². The Labute approximate surface area is 84.8 Å². The van der Waals surface area contributed by atoms with Crippen LogP contribution in [0.15, 0.2) is 48.6 Å². The molecule has 14 heavy (non-hydrogen) atoms. The highest BCUT2D eigenvalue weighted by molar-refractivity contribution is 6.10. The lowest BCUT2D eigenvalue weighted by Crippen LogP contribution is -2.00. The molecule has 0 heterocycles. The van der Waals surface area contributed by atoms with Crippen LogP contribution in [0.3, 0.4) is 0 Å². The molecule has 1 nitrogen and oxygen atoms in total. The van der Waals surface area contributed by atoms with Crippen LogP contribution in [0.25, 0.3) is 0 Å². The molecule has 1 aromatic rings. The Hall–Kier alpha value is -1.63. The van der Waals surface area contributed by atoms with Gasteiger partial charge < -0.3 is 0 Å². The van der Waals surface area contributed by atoms with Gasteiger partial charge in [-0.15, -0.1) is 0 Å². The highest BCUT2D eigenvalue weighted by Gasteiger charge is 2.07. The number of benzene rings is 1. The fourth-order valence-corrected chi connectivity index (χ4v) is 1.21. The molecule has 0 aliphatic carbocycles. The number of hydrogen-bond acceptors (Lipinski definition) is 1. The molecule has 0 saturated carbocycles. The molecule has 0 radical (unpaired) electrons. The van der Waals surface area contributed by atoms with Crippen molar-refractivity contribution in [1.82, 2.24) is 0 Å². The summed E-state index contributed by atoms with van der Waals surface area (Å²) in [4.78, 5) is 11.8. The third-order valence-corrected chi connectivity index (χ3v) is 2.11. The zero-order chi connectivity index (χ0) is 10.6. The van der Waals surface area contributed by atoms with E-state index in [2.05, 4.69) is 6.58 Å². The van der Waals surface area contributed by atoms with Gasteiger partial charge in [0.25, 0.3) is 0 Å². The lowest BCUT2D eigenvalue weighted by molar-refractivity contribution is 0.103. The molecule has 1 aromatic carbocycles. The number of carbonyl (C=O) groups is 1. The summed E-state index contributed by atoms with van der Waals surface area (Å²) in [7, 11) is 0. The van der Waals surface area contributed by atoms with Gasteiger partial charge in [-0.05, 0) is 13.8 Å². The number of carbonyl (C=O) groups excluding carboxylic acids is 1. The number of aryl methyl sites for hydroxylation is 1. The fourth-order valence-electron chi connectivity index (χ4n) is 1.21. The molecule has 0 aromatic heterocycles. The first kappa shape index (κ1) is 10.5. The first-order valence-corrected chi connectivity index (χ1v) is 4.59. The molecule has 0 atom stereocenters. The molecule has 0 fully saturated rings. The van der Waals surface area contributed by atoms with Crippen LogP contribution in [0, 0.1) is 6.92 Å². The zero-order valence-electron chi connectivity index (χ0n) is 8.58. The number of hydrogen-bond donors (Lipinski definition) is 0. The Kier molecular flexibility index (Phi) is 3.41. The lowest BCUT2D eigenvalue weighted by Gasteiger charge is -2.01. The second-order valence-electron chi connectivity index (χ2n) is 3.14. The zero-order valence-corrected chi connectivity index (χ0v) is 8.58. The average molecular weight is 186 g/mol. The number of Topliss-reactive ketones (excluding diaryl/α,β-unsaturated/α-hetero) is 1. The third-order valence-electron chi connectivity index (χ3n) is 2.11. The molecule has 0 aliphatic heterocycles. The molecule has 0 bridgehead atoms. The van der Waals surface area contributed by atoms with Crippen molar-refractivity contribution in [1.29, 1.82) is 0 Å². The van der Waals surface area contributed by atoms with Crippen LogP contribution in [0.5, 0.6) is 0 Å². The summed E-state index contributed by atoms with van der Waals surface area (Å²) >= 11 is 0. The maximum absolute atomic E-state index is 11.8. The second-order valence-corrected chi connectivity index (χ2v) is 3.14. The Bertz CT molecular complexity index is 369. The van der Waals surface area contributed by atoms with Crippen LogP contribution in [0.1, 0.15) is 22.8 Å². The summed E-state index contributed by atoms with van der Waals surface area (Å²) in [5, 5.41) is 0. The summed E-state index contributed by atoms with van der Waals surface area (Å²) in [6, 6.07) is 7.54. The maximum Gasteiger partial charge on any atom is 0.192 e. The van der Waals surface area contributed by atoms with Crippen LogP contribution in [0.4, 0.5) is 0 Å². The Balaban J connectivity index is 3.01. The smallest absolute Gasteiger partial charge is 0.192 e. The largest absolute Gasteiger partial charge is 0.289 e. The highest BCUT2D eigenvalue weighted by atomic mass is 16.1. The topological polar surface area (TPSA) is 17.1 Å². The quantitative estimate of drug-likeness (QED) is 0.402. The van der Waals surface area contributed by atoms with E-state index in [1.54, 1.807) is 12.2 Å². The van der Waals surface area contributed by atoms with E-state index in [4.69, 9.17) is 0 Å². The maximum atomic E-state index is 11.8. The second kappa shape index (κ2) is 4.56. The van der Waals surface area contributed by atoms with Gasteiger partial charge in [0.15, 0.2) is 5.78 Å². The van der Waals surface area contributed by atoms with Crippen LogP contribution in [-0.4, -0.2) is 5.78 Å². The Morgan fingerprint density at radius 2 is 1.86 bits per heavy atom. The minimum absolute atomic E-state index is 0.0301. The first-order chi connectivity index (χ1) is 6.69. The molecular formula is C13H14O. The van der Waals surface area contributed by atoms with E-state index in [9.17, 15) is 4.79 Å². The van der Waals surface area contributed by atoms with Crippen LogP contribution < -0.4 is 0 Å². The van der Waals surface area contributed by atoms with E-state index in [1.165, 1.54) is 0 Å². The van der Waals surface area contributed by atoms with E-state index in [0.29, 0.717) is 11.1 Å². The number of rotatable bonds is 3. The van der Waals surface area contributed by atoms with Gasteiger partial charge in [0.2, 0.25) is 0 Å². The van der Waals surface area contributed by atoms with Gasteiger partial charge in [0.1, 0.15) is 0 Å². The van der Waals surface area contributed by atoms with Crippen molar-refractivity contribution in [3.8, 4) is 0 Å². The van der Waals surface area contributed by atoms with Gasteiger partial charge in [0, 0.05) is 11.1 Å². The van der Waals surface area contributed by atoms with Crippen molar-refractivity contribution in [3.63, 3.8) is 0 Å². The summed E-state index contributed by atoms with van der Waals surface area (Å²) in [6.45, 7) is 7.44. The molecule has 0 aliphatic rings. The number of allylic oxidation sites excluding steroid dienone is 3. The molecule has 0 amide bonds. The van der Waals surface area contributed by atoms with E-state index in [0.717, 1.165) is 5.56 Å². The SMILES string of the molecule is C=C/C(=C\C)C(=O)c1ccc(C)cc1. The van der Waals surface area contributed by atoms with Crippen LogP contribution in [-0.2, 0) is 0 Å². The minimum atomic E-state index is 0.0301. The van der Waals surface area contributed by atoms with Gasteiger partial charge in [-0.3, -0.25) is 4.79 Å². The Morgan fingerprint density at radius 3 is 2.29 bits per heavy atom. The first-order valence-electron chi connectivity index (χ1n) is 4.59. The number of ketones is 1. The summed E-state index contributed by atoms with van der Waals surface area (Å²) in [5.41, 5.74) is 2.51. The van der Waals surface area contributed by atoms with E-state index in [1.807, 2.05) is 38.1 Å². The molecule has 1 rings (SSSR count). The predicted octanol–water partition coefficient (Wildman–Crippen LogP) is 3.31. The third kappa shape index (κ3) is 2.19. The van der Waals surface area contributed by atoms with Gasteiger partial charge in [-0.2, -0.15) is 0 Å². The van der Waals surface area contributed by atoms with Gasteiger partial charge >= 0.3 is 0 Å². The average Bonchev–Trinajstić information content (AvgIpc) is 2.20. The molecule has 0 N–H and O–H groups in total. The van der Waals surface area contributed by atoms with Crippen LogP contribution >= 0.6 is 0 Å². The van der Waals surface area contributed by atoms with E-state index < -0.39 is 0 Å². The van der Waals surface area contributed by atoms with Crippen molar-refractivity contribution in [2.24, 2.45) is 0 Å². The predicted molar refractivity (Wildman–Crippen MR) is 59.5 cm³/mol. The molecule has 0 unspecified atom stereocenters. The van der Waals surface area contributed by atoms with E-state index in [-0.39, 0.29) is 5.78 Å². The molecule has 1 heteroatoms. The van der Waals surface area contributed by atoms with Gasteiger partial charge in [-0.1, -0.05) is 48.6 Å². The Morgan fingerprint density at radius 1 is 1.29 bits per heavy atom. The van der Waals surface area contributed by atoms with Crippen molar-refractivity contribution in [2.75, 3.05) is 0 Å². The van der Waals surface area contributed by atoms with Crippen LogP contribution in [0.2, 0.25) is 0 Å². The summed E-state index contributed by atoms with van der Waals surface area (Å²) in [5.74, 6) is 0.0301. The van der Waals surface area contributed by atoms with Gasteiger partial charge in [0.05, 0.1) is 0 Å². The van der Waals surface area contributed by atoms with Crippen molar-refractivity contribution in [3.05, 3.63) is 59.7 Å². The minimum Gasteiger partial charge on any atom is -0.289 e. The van der Waals surface area contributed by atoms with Crippen molar-refractivity contribution in [2.45, 2.75) is 13.8 Å². The van der Waals surface area contributed by atoms with Gasteiger partial charge in [-0.25, -0.2) is 0 Å². The highest BCUT2D eigenvalue weighted by Crippen LogP contribution is 2.10. The normalized spacial score (nSPS) is 11.1. The molecule has 0 saturated heterocycles. The summed E-state index contributed by atoms with van der Waals surface area (Å²) < 4.78 is 0. The lowest BCUT2D eigenvalue weighted by atomic mass is 10.0.